The fourth-order valence-corrected chi connectivity index (χ4v) is 2.38. The molecule has 1 unspecified atom stereocenters. The largest absolute Gasteiger partial charge is 0.357 e. The van der Waals surface area contributed by atoms with Gasteiger partial charge in [0.25, 0.3) is 0 Å². The van der Waals surface area contributed by atoms with Crippen LogP contribution in [0, 0.1) is 0 Å². The fraction of sp³-hybridized carbons (Fsp3) is 0.929. The Morgan fingerprint density at radius 3 is 2.42 bits per heavy atom. The van der Waals surface area contributed by atoms with E-state index >= 15 is 0 Å². The summed E-state index contributed by atoms with van der Waals surface area (Å²) < 4.78 is 11.8. The van der Waals surface area contributed by atoms with E-state index in [9.17, 15) is 4.21 Å². The molecule has 0 aliphatic heterocycles. The lowest BCUT2D eigenvalue weighted by Gasteiger charge is -2.22. The summed E-state index contributed by atoms with van der Waals surface area (Å²) in [7, 11) is 1.22. The van der Waals surface area contributed by atoms with Crippen LogP contribution in [0.5, 0.6) is 0 Å². The first-order valence-corrected chi connectivity index (χ1v) is 8.52. The summed E-state index contributed by atoms with van der Waals surface area (Å²) in [5.74, 6) is 1.54. The first kappa shape index (κ1) is 18.4. The standard InChI is InChI=1S/C14H31N3OS/c1-7-9-11-17(6)13(15-8-2)16-10-12-19(18)14(3,4)5/h7-12H2,1-6H3,(H,15,16). The Balaban J connectivity index is 4.37. The van der Waals surface area contributed by atoms with E-state index in [1.807, 2.05) is 20.8 Å². The molecule has 0 saturated heterocycles. The maximum atomic E-state index is 12.0. The lowest BCUT2D eigenvalue weighted by Crippen LogP contribution is -2.39. The number of rotatable bonds is 7. The molecule has 0 aromatic carbocycles. The Kier molecular flexibility index (Phi) is 9.06. The number of hydrogen-bond acceptors (Lipinski definition) is 2. The SMILES string of the molecule is CCCCN(C)C(=NCCS(=O)C(C)(C)C)NCC. The zero-order valence-electron chi connectivity index (χ0n) is 13.5. The molecule has 0 aliphatic carbocycles. The highest BCUT2D eigenvalue weighted by Gasteiger charge is 2.18. The van der Waals surface area contributed by atoms with Crippen LogP contribution in [-0.2, 0) is 10.8 Å². The first-order chi connectivity index (χ1) is 8.82. The van der Waals surface area contributed by atoms with Gasteiger partial charge in [-0.1, -0.05) is 13.3 Å². The number of hydrogen-bond donors (Lipinski definition) is 1. The lowest BCUT2D eigenvalue weighted by molar-refractivity contribution is 0.465. The summed E-state index contributed by atoms with van der Waals surface area (Å²) in [4.78, 5) is 6.70. The summed E-state index contributed by atoms with van der Waals surface area (Å²) in [6, 6.07) is 0. The Bertz CT molecular complexity index is 298. The van der Waals surface area contributed by atoms with Crippen LogP contribution in [-0.4, -0.2) is 52.3 Å². The Morgan fingerprint density at radius 2 is 1.95 bits per heavy atom. The molecule has 0 amide bonds. The van der Waals surface area contributed by atoms with Gasteiger partial charge in [0.05, 0.1) is 6.54 Å². The zero-order valence-corrected chi connectivity index (χ0v) is 14.3. The van der Waals surface area contributed by atoms with Crippen LogP contribution in [0.3, 0.4) is 0 Å². The Morgan fingerprint density at radius 1 is 1.32 bits per heavy atom. The second-order valence-corrected chi connectivity index (χ2v) is 8.00. The van der Waals surface area contributed by atoms with E-state index in [0.717, 1.165) is 25.5 Å². The van der Waals surface area contributed by atoms with Crippen molar-refractivity contribution in [2.24, 2.45) is 4.99 Å². The third-order valence-electron chi connectivity index (χ3n) is 2.76. The molecule has 114 valence electrons. The van der Waals surface area contributed by atoms with Gasteiger partial charge in [-0.15, -0.1) is 0 Å². The van der Waals surface area contributed by atoms with Crippen molar-refractivity contribution in [1.29, 1.82) is 0 Å². The highest BCUT2D eigenvalue weighted by molar-refractivity contribution is 7.86. The molecule has 0 fully saturated rings. The van der Waals surface area contributed by atoms with Gasteiger partial charge >= 0.3 is 0 Å². The highest BCUT2D eigenvalue weighted by Crippen LogP contribution is 2.10. The smallest absolute Gasteiger partial charge is 0.193 e. The van der Waals surface area contributed by atoms with Gasteiger partial charge < -0.3 is 10.2 Å². The van der Waals surface area contributed by atoms with Crippen LogP contribution >= 0.6 is 0 Å². The highest BCUT2D eigenvalue weighted by atomic mass is 32.2. The van der Waals surface area contributed by atoms with Crippen molar-refractivity contribution < 1.29 is 4.21 Å². The van der Waals surface area contributed by atoms with Crippen molar-refractivity contribution >= 4 is 16.8 Å². The second kappa shape index (κ2) is 9.34. The summed E-state index contributed by atoms with van der Waals surface area (Å²) in [5.41, 5.74) is 0. The van der Waals surface area contributed by atoms with Crippen LogP contribution in [0.4, 0.5) is 0 Å². The Labute approximate surface area is 121 Å². The van der Waals surface area contributed by atoms with Crippen molar-refractivity contribution in [2.75, 3.05) is 32.4 Å². The second-order valence-electron chi connectivity index (χ2n) is 5.67. The molecule has 0 aromatic rings. The number of aliphatic imine (C=N–C) groups is 1. The molecular formula is C14H31N3OS. The molecule has 0 spiro atoms. The average Bonchev–Trinajstić information content (AvgIpc) is 2.33. The van der Waals surface area contributed by atoms with Gasteiger partial charge in [-0.2, -0.15) is 0 Å². The molecule has 0 rings (SSSR count). The fourth-order valence-electron chi connectivity index (χ4n) is 1.51. The molecular weight excluding hydrogens is 258 g/mol. The quantitative estimate of drug-likeness (QED) is 0.577. The minimum absolute atomic E-state index is 0.151. The molecule has 0 aromatic heterocycles. The number of guanidine groups is 1. The molecule has 1 N–H and O–H groups in total. The van der Waals surface area contributed by atoms with E-state index in [-0.39, 0.29) is 4.75 Å². The third kappa shape index (κ3) is 8.24. The molecule has 1 atom stereocenters. The maximum absolute atomic E-state index is 12.0. The van der Waals surface area contributed by atoms with E-state index in [1.54, 1.807) is 0 Å². The third-order valence-corrected chi connectivity index (χ3v) is 4.68. The van der Waals surface area contributed by atoms with Crippen LogP contribution in [0.2, 0.25) is 0 Å². The van der Waals surface area contributed by atoms with Crippen LogP contribution < -0.4 is 5.32 Å². The molecule has 0 radical (unpaired) electrons. The molecule has 4 nitrogen and oxygen atoms in total. The minimum atomic E-state index is -0.830. The van der Waals surface area contributed by atoms with E-state index in [4.69, 9.17) is 0 Å². The van der Waals surface area contributed by atoms with Gasteiger partial charge in [0.2, 0.25) is 0 Å². The van der Waals surface area contributed by atoms with E-state index in [1.165, 1.54) is 6.42 Å². The Hall–Kier alpha value is -0.580. The van der Waals surface area contributed by atoms with E-state index < -0.39 is 10.8 Å². The number of nitrogens with zero attached hydrogens (tertiary/aromatic N) is 2. The van der Waals surface area contributed by atoms with Gasteiger partial charge in [0.1, 0.15) is 0 Å². The van der Waals surface area contributed by atoms with E-state index in [0.29, 0.717) is 12.3 Å². The van der Waals surface area contributed by atoms with E-state index in [2.05, 4.69) is 36.1 Å². The predicted molar refractivity (Wildman–Crippen MR) is 86.3 cm³/mol. The van der Waals surface area contributed by atoms with Crippen LogP contribution in [0.15, 0.2) is 4.99 Å². The molecule has 0 saturated carbocycles. The molecule has 0 aliphatic rings. The monoisotopic (exact) mass is 289 g/mol. The summed E-state index contributed by atoms with van der Waals surface area (Å²) >= 11 is 0. The maximum Gasteiger partial charge on any atom is 0.193 e. The van der Waals surface area contributed by atoms with Crippen molar-refractivity contribution in [3.8, 4) is 0 Å². The van der Waals surface area contributed by atoms with Gasteiger partial charge in [-0.05, 0) is 34.1 Å². The lowest BCUT2D eigenvalue weighted by atomic mass is 10.3. The van der Waals surface area contributed by atoms with Crippen LogP contribution in [0.25, 0.3) is 0 Å². The zero-order chi connectivity index (χ0) is 14.9. The summed E-state index contributed by atoms with van der Waals surface area (Å²) in [5, 5.41) is 3.28. The minimum Gasteiger partial charge on any atom is -0.357 e. The van der Waals surface area contributed by atoms with Gasteiger partial charge in [-0.3, -0.25) is 9.20 Å². The number of unbranched alkanes of at least 4 members (excludes halogenated alkanes) is 1. The average molecular weight is 289 g/mol. The summed E-state index contributed by atoms with van der Waals surface area (Å²) in [6.45, 7) is 12.7. The van der Waals surface area contributed by atoms with Crippen molar-refractivity contribution in [2.45, 2.75) is 52.2 Å². The molecule has 0 heterocycles. The molecule has 0 bridgehead atoms. The normalized spacial score (nSPS) is 14.3. The number of nitrogens with one attached hydrogen (secondary N) is 1. The van der Waals surface area contributed by atoms with Crippen molar-refractivity contribution in [3.05, 3.63) is 0 Å². The topological polar surface area (TPSA) is 44.7 Å². The van der Waals surface area contributed by atoms with Gasteiger partial charge in [-0.25, -0.2) is 0 Å². The van der Waals surface area contributed by atoms with Crippen molar-refractivity contribution in [3.63, 3.8) is 0 Å². The van der Waals surface area contributed by atoms with Crippen molar-refractivity contribution in [1.82, 2.24) is 10.2 Å². The molecule has 19 heavy (non-hydrogen) atoms. The first-order valence-electron chi connectivity index (χ1n) is 7.20. The predicted octanol–water partition coefficient (Wildman–Crippen LogP) is 2.23. The molecule has 5 heteroatoms. The summed E-state index contributed by atoms with van der Waals surface area (Å²) in [6.07, 6.45) is 2.34. The van der Waals surface area contributed by atoms with Crippen LogP contribution in [0.1, 0.15) is 47.5 Å². The van der Waals surface area contributed by atoms with Gasteiger partial charge in [0.15, 0.2) is 5.96 Å². The van der Waals surface area contributed by atoms with Gasteiger partial charge in [0, 0.05) is 41.4 Å².